The molecule has 1 aromatic carbocycles. The molecule has 0 aliphatic carbocycles. The van der Waals surface area contributed by atoms with Crippen LogP contribution in [0.25, 0.3) is 11.1 Å². The highest BCUT2D eigenvalue weighted by Crippen LogP contribution is 2.15. The van der Waals surface area contributed by atoms with Crippen LogP contribution in [0.1, 0.15) is 5.56 Å². The van der Waals surface area contributed by atoms with Gasteiger partial charge in [-0.25, -0.2) is 4.79 Å². The van der Waals surface area contributed by atoms with E-state index in [0.717, 1.165) is 5.56 Å². The Hall–Kier alpha value is -2.06. The van der Waals surface area contributed by atoms with Crippen LogP contribution in [0.5, 0.6) is 0 Å². The molecular formula is C11H11N3O2. The number of hydrogen-bond donors (Lipinski definition) is 1. The minimum Gasteiger partial charge on any atom is -0.408 e. The number of benzene rings is 1. The zero-order chi connectivity index (χ0) is 11.7. The zero-order valence-corrected chi connectivity index (χ0v) is 8.80. The van der Waals surface area contributed by atoms with Crippen molar-refractivity contribution in [3.63, 3.8) is 0 Å². The second-order valence-electron chi connectivity index (χ2n) is 3.67. The van der Waals surface area contributed by atoms with E-state index in [-0.39, 0.29) is 0 Å². The van der Waals surface area contributed by atoms with E-state index in [9.17, 15) is 4.79 Å². The van der Waals surface area contributed by atoms with Crippen LogP contribution >= 0.6 is 0 Å². The molecule has 2 aromatic rings. The summed E-state index contributed by atoms with van der Waals surface area (Å²) in [5.41, 5.74) is 7.71. The molecule has 5 nitrogen and oxygen atoms in total. The molecule has 1 atom stereocenters. The van der Waals surface area contributed by atoms with Crippen LogP contribution in [0.4, 0.5) is 0 Å². The molecule has 0 aliphatic heterocycles. The molecule has 2 N–H and O–H groups in total. The van der Waals surface area contributed by atoms with E-state index in [0.29, 0.717) is 17.5 Å². The van der Waals surface area contributed by atoms with Crippen LogP contribution in [0.2, 0.25) is 0 Å². The van der Waals surface area contributed by atoms with Crippen molar-refractivity contribution in [2.75, 3.05) is 0 Å². The van der Waals surface area contributed by atoms with Crippen LogP contribution in [-0.4, -0.2) is 10.6 Å². The van der Waals surface area contributed by atoms with Crippen molar-refractivity contribution in [1.82, 2.24) is 4.57 Å². The number of fused-ring (bicyclic) bond motifs is 1. The first kappa shape index (κ1) is 10.5. The average molecular weight is 217 g/mol. The van der Waals surface area contributed by atoms with E-state index >= 15 is 0 Å². The number of rotatable bonds is 2. The fourth-order valence-corrected chi connectivity index (χ4v) is 1.60. The standard InChI is InChI=1S/C11H11N3O2/c1-14-9-5-7(4-8(13)6-12)2-3-10(9)16-11(14)15/h2-3,5,8H,4,13H2,1H3. The van der Waals surface area contributed by atoms with Crippen LogP contribution in [0.3, 0.4) is 0 Å². The van der Waals surface area contributed by atoms with Crippen LogP contribution in [0, 0.1) is 11.3 Å². The van der Waals surface area contributed by atoms with Crippen molar-refractivity contribution < 1.29 is 4.42 Å². The van der Waals surface area contributed by atoms with Gasteiger partial charge in [-0.2, -0.15) is 5.26 Å². The SMILES string of the molecule is Cn1c(=O)oc2ccc(CC(N)C#N)cc21. The number of nitrogens with two attached hydrogens (primary N) is 1. The summed E-state index contributed by atoms with van der Waals surface area (Å²) in [6, 6.07) is 6.78. The molecule has 16 heavy (non-hydrogen) atoms. The van der Waals surface area contributed by atoms with Gasteiger partial charge in [0, 0.05) is 13.5 Å². The Kier molecular flexibility index (Phi) is 2.50. The molecule has 82 valence electrons. The van der Waals surface area contributed by atoms with Crippen molar-refractivity contribution >= 4 is 11.1 Å². The molecule has 5 heteroatoms. The number of aryl methyl sites for hydroxylation is 1. The fraction of sp³-hybridized carbons (Fsp3) is 0.273. The Bertz CT molecular complexity index is 618. The molecule has 0 saturated carbocycles. The lowest BCUT2D eigenvalue weighted by Gasteiger charge is -2.02. The molecule has 0 aliphatic rings. The molecule has 0 radical (unpaired) electrons. The number of hydrogen-bond acceptors (Lipinski definition) is 4. The quantitative estimate of drug-likeness (QED) is 0.794. The van der Waals surface area contributed by atoms with Gasteiger partial charge in [0.2, 0.25) is 0 Å². The maximum absolute atomic E-state index is 11.2. The number of nitrogens with zero attached hydrogens (tertiary/aromatic N) is 2. The van der Waals surface area contributed by atoms with Crippen molar-refractivity contribution in [2.24, 2.45) is 12.8 Å². The topological polar surface area (TPSA) is 84.9 Å². The first-order chi connectivity index (χ1) is 7.61. The van der Waals surface area contributed by atoms with Gasteiger partial charge in [-0.15, -0.1) is 0 Å². The minimum absolute atomic E-state index is 0.392. The van der Waals surface area contributed by atoms with Crippen LogP contribution in [-0.2, 0) is 13.5 Å². The molecule has 0 fully saturated rings. The second kappa shape index (κ2) is 3.83. The Balaban J connectivity index is 2.48. The number of nitriles is 1. The predicted octanol–water partition coefficient (Wildman–Crippen LogP) is 0.525. The third kappa shape index (κ3) is 1.71. The summed E-state index contributed by atoms with van der Waals surface area (Å²) >= 11 is 0. The highest BCUT2D eigenvalue weighted by Gasteiger charge is 2.08. The lowest BCUT2D eigenvalue weighted by molar-refractivity contribution is 0.528. The zero-order valence-electron chi connectivity index (χ0n) is 8.80. The summed E-state index contributed by atoms with van der Waals surface area (Å²) in [5, 5.41) is 8.62. The summed E-state index contributed by atoms with van der Waals surface area (Å²) in [7, 11) is 1.64. The van der Waals surface area contributed by atoms with E-state index in [1.165, 1.54) is 4.57 Å². The maximum Gasteiger partial charge on any atom is 0.419 e. The third-order valence-electron chi connectivity index (χ3n) is 2.48. The van der Waals surface area contributed by atoms with Crippen LogP contribution in [0.15, 0.2) is 27.4 Å². The molecular weight excluding hydrogens is 206 g/mol. The molecule has 1 unspecified atom stereocenters. The van der Waals surface area contributed by atoms with Crippen molar-refractivity contribution in [3.05, 3.63) is 34.3 Å². The van der Waals surface area contributed by atoms with E-state index in [1.807, 2.05) is 18.2 Å². The lowest BCUT2D eigenvalue weighted by atomic mass is 10.1. The summed E-state index contributed by atoms with van der Waals surface area (Å²) in [6.45, 7) is 0. The van der Waals surface area contributed by atoms with Gasteiger partial charge in [0.25, 0.3) is 0 Å². The van der Waals surface area contributed by atoms with Gasteiger partial charge >= 0.3 is 5.76 Å². The largest absolute Gasteiger partial charge is 0.419 e. The van der Waals surface area contributed by atoms with E-state index < -0.39 is 11.8 Å². The van der Waals surface area contributed by atoms with E-state index in [1.54, 1.807) is 13.1 Å². The van der Waals surface area contributed by atoms with Gasteiger partial charge in [-0.3, -0.25) is 4.57 Å². The van der Waals surface area contributed by atoms with Gasteiger partial charge in [-0.1, -0.05) is 6.07 Å². The monoisotopic (exact) mass is 217 g/mol. The van der Waals surface area contributed by atoms with Crippen molar-refractivity contribution in [1.29, 1.82) is 5.26 Å². The molecule has 0 amide bonds. The van der Waals surface area contributed by atoms with Gasteiger partial charge in [0.05, 0.1) is 17.6 Å². The van der Waals surface area contributed by atoms with Gasteiger partial charge in [0.1, 0.15) is 0 Å². The van der Waals surface area contributed by atoms with E-state index in [2.05, 4.69) is 0 Å². The summed E-state index contributed by atoms with van der Waals surface area (Å²) in [4.78, 5) is 11.2. The summed E-state index contributed by atoms with van der Waals surface area (Å²) in [6.07, 6.45) is 0.464. The predicted molar refractivity (Wildman–Crippen MR) is 58.7 cm³/mol. The van der Waals surface area contributed by atoms with Gasteiger partial charge < -0.3 is 10.2 Å². The molecule has 2 rings (SSSR count). The first-order valence-electron chi connectivity index (χ1n) is 4.85. The molecule has 0 bridgehead atoms. The van der Waals surface area contributed by atoms with Crippen molar-refractivity contribution in [2.45, 2.75) is 12.5 Å². The molecule has 0 spiro atoms. The third-order valence-corrected chi connectivity index (χ3v) is 2.48. The van der Waals surface area contributed by atoms with Gasteiger partial charge in [0.15, 0.2) is 5.58 Å². The lowest BCUT2D eigenvalue weighted by Crippen LogP contribution is -2.20. The van der Waals surface area contributed by atoms with Crippen molar-refractivity contribution in [3.8, 4) is 6.07 Å². The Labute approximate surface area is 91.7 Å². The normalized spacial score (nSPS) is 12.6. The van der Waals surface area contributed by atoms with E-state index in [4.69, 9.17) is 15.4 Å². The van der Waals surface area contributed by atoms with Gasteiger partial charge in [-0.05, 0) is 17.7 Å². The van der Waals surface area contributed by atoms with Crippen LogP contribution < -0.4 is 11.5 Å². The molecule has 1 heterocycles. The highest BCUT2D eigenvalue weighted by atomic mass is 16.4. The fourth-order valence-electron chi connectivity index (χ4n) is 1.60. The smallest absolute Gasteiger partial charge is 0.408 e. The summed E-state index contributed by atoms with van der Waals surface area (Å²) < 4.78 is 6.42. The average Bonchev–Trinajstić information content (AvgIpc) is 2.55. The Morgan fingerprint density at radius 2 is 2.38 bits per heavy atom. The Morgan fingerprint density at radius 1 is 1.62 bits per heavy atom. The first-order valence-corrected chi connectivity index (χ1v) is 4.85. The minimum atomic E-state index is -0.527. The Morgan fingerprint density at radius 3 is 3.06 bits per heavy atom. The number of oxazole rings is 1. The number of aromatic nitrogens is 1. The molecule has 1 aromatic heterocycles. The maximum atomic E-state index is 11.2. The molecule has 0 saturated heterocycles. The highest BCUT2D eigenvalue weighted by molar-refractivity contribution is 5.73. The second-order valence-corrected chi connectivity index (χ2v) is 3.67. The summed E-state index contributed by atoms with van der Waals surface area (Å²) in [5.74, 6) is -0.392.